The van der Waals surface area contributed by atoms with E-state index in [4.69, 9.17) is 4.74 Å². The van der Waals surface area contributed by atoms with Crippen molar-refractivity contribution in [1.29, 1.82) is 0 Å². The zero-order valence-corrected chi connectivity index (χ0v) is 16.8. The van der Waals surface area contributed by atoms with Crippen molar-refractivity contribution in [2.75, 3.05) is 34.3 Å². The molecule has 0 bridgehead atoms. The van der Waals surface area contributed by atoms with E-state index in [2.05, 4.69) is 41.9 Å². The molecule has 0 radical (unpaired) electrons. The van der Waals surface area contributed by atoms with Crippen molar-refractivity contribution in [2.24, 2.45) is 0 Å². The van der Waals surface area contributed by atoms with Gasteiger partial charge in [-0.2, -0.15) is 0 Å². The van der Waals surface area contributed by atoms with Crippen molar-refractivity contribution in [3.05, 3.63) is 28.8 Å². The number of carbonyl (C=O) groups excluding carboxylic acids is 1. The standard InChI is InChI=1S/C19H31NO3.ClH/c1-14-12-15(13-16(18(14)22)19(2,3)4)8-9-17(21)23-11-10-20(5,6)7;/h12-13H,8-11H2,1-7H3;1H. The number of benzene rings is 1. The maximum absolute atomic E-state index is 11.9. The Morgan fingerprint density at radius 2 is 1.79 bits per heavy atom. The predicted molar refractivity (Wildman–Crippen MR) is 93.7 cm³/mol. The van der Waals surface area contributed by atoms with Crippen molar-refractivity contribution < 1.29 is 31.5 Å². The van der Waals surface area contributed by atoms with Crippen molar-refractivity contribution in [1.82, 2.24) is 0 Å². The monoisotopic (exact) mass is 357 g/mol. The van der Waals surface area contributed by atoms with E-state index >= 15 is 0 Å². The van der Waals surface area contributed by atoms with Gasteiger partial charge in [0.2, 0.25) is 0 Å². The van der Waals surface area contributed by atoms with E-state index in [9.17, 15) is 9.90 Å². The first-order valence-corrected chi connectivity index (χ1v) is 8.19. The average Bonchev–Trinajstić information content (AvgIpc) is 2.37. The quantitative estimate of drug-likeness (QED) is 0.584. The number of carbonyl (C=O) groups is 1. The Labute approximate surface area is 152 Å². The number of likely N-dealkylation sites (N-methyl/N-ethyl adjacent to an activating group) is 1. The summed E-state index contributed by atoms with van der Waals surface area (Å²) in [7, 11) is 6.21. The Hall–Kier alpha value is -1.26. The molecule has 0 heterocycles. The molecule has 24 heavy (non-hydrogen) atoms. The molecular weight excluding hydrogens is 326 g/mol. The van der Waals surface area contributed by atoms with E-state index in [1.54, 1.807) is 0 Å². The predicted octanol–water partition coefficient (Wildman–Crippen LogP) is 0.184. The number of phenolic OH excluding ortho intramolecular Hbond substituents is 1. The van der Waals surface area contributed by atoms with Gasteiger partial charge >= 0.3 is 5.97 Å². The molecule has 1 rings (SSSR count). The second-order valence-electron chi connectivity index (χ2n) is 8.29. The van der Waals surface area contributed by atoms with Gasteiger partial charge in [-0.05, 0) is 35.4 Å². The minimum atomic E-state index is -0.165. The van der Waals surface area contributed by atoms with Gasteiger partial charge in [0.05, 0.1) is 21.1 Å². The topological polar surface area (TPSA) is 46.5 Å². The maximum atomic E-state index is 11.9. The van der Waals surface area contributed by atoms with Crippen molar-refractivity contribution in [3.8, 4) is 5.75 Å². The SMILES string of the molecule is Cc1cc(CCC(=O)OCC[N+](C)(C)C)cc(C(C)(C)C)c1O.[Cl-]. The summed E-state index contributed by atoms with van der Waals surface area (Å²) in [5.74, 6) is 0.188. The van der Waals surface area contributed by atoms with Crippen LogP contribution in [0.25, 0.3) is 0 Å². The molecule has 1 N–H and O–H groups in total. The molecular formula is C19H32ClNO3. The summed E-state index contributed by atoms with van der Waals surface area (Å²) in [4.78, 5) is 11.9. The van der Waals surface area contributed by atoms with Gasteiger partial charge in [0.15, 0.2) is 0 Å². The van der Waals surface area contributed by atoms with Crippen LogP contribution in [0.1, 0.15) is 43.9 Å². The fraction of sp³-hybridized carbons (Fsp3) is 0.632. The summed E-state index contributed by atoms with van der Waals surface area (Å²) in [6, 6.07) is 3.95. The number of halogens is 1. The zero-order chi connectivity index (χ0) is 17.8. The summed E-state index contributed by atoms with van der Waals surface area (Å²) in [6.45, 7) is 9.37. The first kappa shape index (κ1) is 22.7. The fourth-order valence-corrected chi connectivity index (χ4v) is 2.32. The molecule has 0 spiro atoms. The first-order chi connectivity index (χ1) is 10.4. The summed E-state index contributed by atoms with van der Waals surface area (Å²) in [5, 5.41) is 10.2. The third-order valence-electron chi connectivity index (χ3n) is 3.81. The number of quaternary nitrogens is 1. The molecule has 1 aromatic carbocycles. The molecule has 1 aromatic rings. The Bertz CT molecular complexity index is 557. The van der Waals surface area contributed by atoms with E-state index in [1.165, 1.54) is 0 Å². The van der Waals surface area contributed by atoms with Crippen LogP contribution in [0, 0.1) is 6.92 Å². The van der Waals surface area contributed by atoms with Crippen LogP contribution in [0.4, 0.5) is 0 Å². The normalized spacial score (nSPS) is 11.8. The van der Waals surface area contributed by atoms with Crippen molar-refractivity contribution in [3.63, 3.8) is 0 Å². The third-order valence-corrected chi connectivity index (χ3v) is 3.81. The molecule has 0 aromatic heterocycles. The van der Waals surface area contributed by atoms with Gasteiger partial charge in [0, 0.05) is 6.42 Å². The number of nitrogens with zero attached hydrogens (tertiary/aromatic N) is 1. The lowest BCUT2D eigenvalue weighted by molar-refractivity contribution is -0.870. The molecule has 5 heteroatoms. The van der Waals surface area contributed by atoms with Crippen LogP contribution in [0.5, 0.6) is 5.75 Å². The Morgan fingerprint density at radius 3 is 2.29 bits per heavy atom. The zero-order valence-electron chi connectivity index (χ0n) is 16.1. The molecule has 138 valence electrons. The highest BCUT2D eigenvalue weighted by Gasteiger charge is 2.20. The Balaban J connectivity index is 0.00000529. The lowest BCUT2D eigenvalue weighted by Crippen LogP contribution is -3.00. The number of esters is 1. The first-order valence-electron chi connectivity index (χ1n) is 8.19. The van der Waals surface area contributed by atoms with Gasteiger partial charge < -0.3 is 26.7 Å². The molecule has 0 unspecified atom stereocenters. The molecule has 0 aliphatic carbocycles. The van der Waals surface area contributed by atoms with E-state index in [0.717, 1.165) is 27.7 Å². The highest BCUT2D eigenvalue weighted by molar-refractivity contribution is 5.69. The molecule has 0 fully saturated rings. The number of hydrogen-bond acceptors (Lipinski definition) is 3. The molecule has 0 saturated carbocycles. The minimum absolute atomic E-state index is 0. The van der Waals surface area contributed by atoms with Gasteiger partial charge in [-0.15, -0.1) is 0 Å². The third kappa shape index (κ3) is 7.54. The largest absolute Gasteiger partial charge is 1.00 e. The second kappa shape index (κ2) is 8.72. The molecule has 0 aliphatic heterocycles. The summed E-state index contributed by atoms with van der Waals surface area (Å²) < 4.78 is 6.06. The van der Waals surface area contributed by atoms with E-state index in [-0.39, 0.29) is 23.8 Å². The molecule has 0 saturated heterocycles. The summed E-state index contributed by atoms with van der Waals surface area (Å²) in [6.07, 6.45) is 0.998. The van der Waals surface area contributed by atoms with Crippen LogP contribution in [-0.4, -0.2) is 49.9 Å². The highest BCUT2D eigenvalue weighted by Crippen LogP contribution is 2.34. The Kier molecular flexibility index (Phi) is 8.27. The van der Waals surface area contributed by atoms with Crippen LogP contribution < -0.4 is 12.4 Å². The highest BCUT2D eigenvalue weighted by atomic mass is 35.5. The van der Waals surface area contributed by atoms with Crippen molar-refractivity contribution >= 4 is 5.97 Å². The van der Waals surface area contributed by atoms with Crippen LogP contribution >= 0.6 is 0 Å². The molecule has 0 amide bonds. The summed E-state index contributed by atoms with van der Waals surface area (Å²) >= 11 is 0. The Morgan fingerprint density at radius 1 is 1.21 bits per heavy atom. The van der Waals surface area contributed by atoms with Gasteiger partial charge in [0.1, 0.15) is 18.9 Å². The fourth-order valence-electron chi connectivity index (χ4n) is 2.32. The lowest BCUT2D eigenvalue weighted by atomic mass is 9.83. The number of ether oxygens (including phenoxy) is 1. The van der Waals surface area contributed by atoms with Gasteiger partial charge in [-0.3, -0.25) is 4.79 Å². The van der Waals surface area contributed by atoms with E-state index < -0.39 is 0 Å². The minimum Gasteiger partial charge on any atom is -1.00 e. The smallest absolute Gasteiger partial charge is 0.306 e. The number of hydrogen-bond donors (Lipinski definition) is 1. The second-order valence-corrected chi connectivity index (χ2v) is 8.29. The van der Waals surface area contributed by atoms with Gasteiger partial charge in [-0.25, -0.2) is 0 Å². The number of aryl methyl sites for hydroxylation is 2. The van der Waals surface area contributed by atoms with Gasteiger partial charge in [-0.1, -0.05) is 32.9 Å². The lowest BCUT2D eigenvalue weighted by Gasteiger charge is -2.23. The van der Waals surface area contributed by atoms with Gasteiger partial charge in [0.25, 0.3) is 0 Å². The average molecular weight is 358 g/mol. The van der Waals surface area contributed by atoms with Crippen LogP contribution in [0.15, 0.2) is 12.1 Å². The summed E-state index contributed by atoms with van der Waals surface area (Å²) in [5.41, 5.74) is 2.71. The maximum Gasteiger partial charge on any atom is 0.306 e. The number of aromatic hydroxyl groups is 1. The van der Waals surface area contributed by atoms with Crippen LogP contribution in [0.3, 0.4) is 0 Å². The molecule has 4 nitrogen and oxygen atoms in total. The molecule has 0 aliphatic rings. The number of rotatable bonds is 6. The van der Waals surface area contributed by atoms with Crippen molar-refractivity contribution in [2.45, 2.75) is 46.0 Å². The van der Waals surface area contributed by atoms with E-state index in [0.29, 0.717) is 25.2 Å². The number of phenols is 1. The van der Waals surface area contributed by atoms with E-state index in [1.807, 2.05) is 19.1 Å². The van der Waals surface area contributed by atoms with Crippen LogP contribution in [-0.2, 0) is 21.4 Å². The molecule has 0 atom stereocenters. The van der Waals surface area contributed by atoms with Crippen LogP contribution in [0.2, 0.25) is 0 Å².